The van der Waals surface area contributed by atoms with Gasteiger partial charge in [0.2, 0.25) is 0 Å². The van der Waals surface area contributed by atoms with E-state index in [1.807, 2.05) is 5.38 Å². The van der Waals surface area contributed by atoms with E-state index in [0.717, 1.165) is 42.6 Å². The Balaban J connectivity index is 1.49. The number of hydrogen-bond acceptors (Lipinski definition) is 5. The fourth-order valence-electron chi connectivity index (χ4n) is 3.88. The van der Waals surface area contributed by atoms with E-state index in [-0.39, 0.29) is 17.9 Å². The van der Waals surface area contributed by atoms with Crippen LogP contribution in [0.5, 0.6) is 0 Å². The quantitative estimate of drug-likeness (QED) is 0.639. The molecule has 3 aromatic rings. The summed E-state index contributed by atoms with van der Waals surface area (Å²) in [6.45, 7) is 2.13. The van der Waals surface area contributed by atoms with Gasteiger partial charge in [0.25, 0.3) is 5.91 Å². The lowest BCUT2D eigenvalue weighted by Crippen LogP contribution is -2.42. The van der Waals surface area contributed by atoms with Crippen molar-refractivity contribution >= 4 is 17.2 Å². The number of halogens is 2. The van der Waals surface area contributed by atoms with Crippen molar-refractivity contribution in [1.29, 1.82) is 0 Å². The number of benzene rings is 1. The molecule has 0 radical (unpaired) electrons. The molecule has 2 atom stereocenters. The Hall–Kier alpha value is -2.71. The first-order chi connectivity index (χ1) is 14.6. The fourth-order valence-corrected chi connectivity index (χ4v) is 4.67. The van der Waals surface area contributed by atoms with Crippen molar-refractivity contribution in [2.24, 2.45) is 5.92 Å². The fraction of sp³-hybridized carbons (Fsp3) is 0.318. The Bertz CT molecular complexity index is 984. The van der Waals surface area contributed by atoms with Crippen LogP contribution in [0.2, 0.25) is 0 Å². The molecule has 0 saturated carbocycles. The van der Waals surface area contributed by atoms with E-state index < -0.39 is 11.6 Å². The molecule has 0 aliphatic carbocycles. The van der Waals surface area contributed by atoms with Gasteiger partial charge in [-0.05, 0) is 55.1 Å². The van der Waals surface area contributed by atoms with E-state index >= 15 is 0 Å². The van der Waals surface area contributed by atoms with E-state index in [1.54, 1.807) is 36.7 Å². The summed E-state index contributed by atoms with van der Waals surface area (Å²) in [4.78, 5) is 23.5. The summed E-state index contributed by atoms with van der Waals surface area (Å²) in [5, 5.41) is 5.88. The van der Waals surface area contributed by atoms with Crippen molar-refractivity contribution in [2.75, 3.05) is 13.1 Å². The van der Waals surface area contributed by atoms with Crippen molar-refractivity contribution < 1.29 is 13.6 Å². The van der Waals surface area contributed by atoms with Gasteiger partial charge in [0.1, 0.15) is 10.7 Å². The number of pyridine rings is 1. The van der Waals surface area contributed by atoms with E-state index in [4.69, 9.17) is 0 Å². The van der Waals surface area contributed by atoms with Crippen molar-refractivity contribution in [3.63, 3.8) is 0 Å². The lowest BCUT2D eigenvalue weighted by Gasteiger charge is -2.36. The van der Waals surface area contributed by atoms with Crippen LogP contribution in [-0.2, 0) is 6.54 Å². The molecule has 1 aliphatic rings. The summed E-state index contributed by atoms with van der Waals surface area (Å²) in [6, 6.07) is 9.04. The highest BCUT2D eigenvalue weighted by atomic mass is 32.1. The third-order valence-corrected chi connectivity index (χ3v) is 6.16. The molecule has 1 amide bonds. The summed E-state index contributed by atoms with van der Waals surface area (Å²) < 4.78 is 26.8. The zero-order valence-corrected chi connectivity index (χ0v) is 17.1. The average molecular weight is 429 g/mol. The molecule has 1 aliphatic heterocycles. The summed E-state index contributed by atoms with van der Waals surface area (Å²) in [7, 11) is 0. The number of carbonyl (C=O) groups is 1. The van der Waals surface area contributed by atoms with Crippen molar-refractivity contribution in [2.45, 2.75) is 25.4 Å². The van der Waals surface area contributed by atoms with Gasteiger partial charge in [-0.15, -0.1) is 11.3 Å². The molecule has 8 heteroatoms. The minimum Gasteiger partial charge on any atom is -0.341 e. The summed E-state index contributed by atoms with van der Waals surface area (Å²) in [5.74, 6) is -1.74. The van der Waals surface area contributed by atoms with Crippen LogP contribution in [-0.4, -0.2) is 33.9 Å². The maximum Gasteiger partial charge on any atom is 0.270 e. The molecule has 2 aromatic heterocycles. The molecule has 4 rings (SSSR count). The number of piperidine rings is 1. The number of hydrogen-bond donors (Lipinski definition) is 1. The largest absolute Gasteiger partial charge is 0.341 e. The Morgan fingerprint density at radius 3 is 2.83 bits per heavy atom. The van der Waals surface area contributed by atoms with Crippen molar-refractivity contribution in [1.82, 2.24) is 20.2 Å². The van der Waals surface area contributed by atoms with Gasteiger partial charge in [0, 0.05) is 30.9 Å². The van der Waals surface area contributed by atoms with Crippen LogP contribution in [0.3, 0.4) is 0 Å². The van der Waals surface area contributed by atoms with Gasteiger partial charge in [-0.3, -0.25) is 14.7 Å². The van der Waals surface area contributed by atoms with Gasteiger partial charge in [-0.1, -0.05) is 12.1 Å². The van der Waals surface area contributed by atoms with E-state index in [2.05, 4.69) is 20.2 Å². The van der Waals surface area contributed by atoms with Crippen LogP contribution >= 0.6 is 11.3 Å². The SMILES string of the molecule is O=C(NC(c1nccs1)C1CCCN(Cc2ccc(F)c(F)c2)C1)c1ccccn1. The molecule has 1 N–H and O–H groups in total. The van der Waals surface area contributed by atoms with Crippen molar-refractivity contribution in [3.05, 3.63) is 82.1 Å². The standard InChI is InChI=1S/C22H22F2N4OS/c23-17-7-6-15(12-18(17)24)13-28-10-3-4-16(14-28)20(22-26-9-11-30-22)27-21(29)19-5-1-2-8-25-19/h1-2,5-9,11-12,16,20H,3-4,10,13-14H2,(H,27,29). The van der Waals surface area contributed by atoms with Crippen LogP contribution in [0.15, 0.2) is 54.2 Å². The van der Waals surface area contributed by atoms with Crippen LogP contribution in [0.25, 0.3) is 0 Å². The zero-order chi connectivity index (χ0) is 20.9. The Labute approximate surface area is 177 Å². The highest BCUT2D eigenvalue weighted by molar-refractivity contribution is 7.09. The number of aromatic nitrogens is 2. The predicted octanol–water partition coefficient (Wildman–Crippen LogP) is 4.20. The number of amides is 1. The third kappa shape index (κ3) is 4.88. The van der Waals surface area contributed by atoms with Gasteiger partial charge in [-0.2, -0.15) is 0 Å². The van der Waals surface area contributed by atoms with E-state index in [9.17, 15) is 13.6 Å². The zero-order valence-electron chi connectivity index (χ0n) is 16.3. The smallest absolute Gasteiger partial charge is 0.270 e. The van der Waals surface area contributed by atoms with Crippen LogP contribution in [0.1, 0.15) is 39.9 Å². The van der Waals surface area contributed by atoms with Crippen LogP contribution < -0.4 is 5.32 Å². The highest BCUT2D eigenvalue weighted by Gasteiger charge is 2.31. The molecule has 3 heterocycles. The molecule has 2 unspecified atom stereocenters. The Morgan fingerprint density at radius 2 is 2.10 bits per heavy atom. The molecule has 1 saturated heterocycles. The number of rotatable bonds is 6. The van der Waals surface area contributed by atoms with Gasteiger partial charge >= 0.3 is 0 Å². The monoisotopic (exact) mass is 428 g/mol. The minimum atomic E-state index is -0.837. The molecule has 1 fully saturated rings. The number of nitrogens with zero attached hydrogens (tertiary/aromatic N) is 3. The number of thiazole rings is 1. The predicted molar refractivity (Wildman–Crippen MR) is 111 cm³/mol. The molecule has 5 nitrogen and oxygen atoms in total. The first-order valence-electron chi connectivity index (χ1n) is 9.87. The Kier molecular flexibility index (Phi) is 6.44. The first kappa shape index (κ1) is 20.6. The molecule has 156 valence electrons. The molecule has 0 spiro atoms. The summed E-state index contributed by atoms with van der Waals surface area (Å²) in [6.07, 6.45) is 5.23. The molecular formula is C22H22F2N4OS. The first-order valence-corrected chi connectivity index (χ1v) is 10.8. The summed E-state index contributed by atoms with van der Waals surface area (Å²) in [5.41, 5.74) is 1.10. The second kappa shape index (κ2) is 9.40. The highest BCUT2D eigenvalue weighted by Crippen LogP contribution is 2.32. The van der Waals surface area contributed by atoms with Gasteiger partial charge in [0.05, 0.1) is 6.04 Å². The summed E-state index contributed by atoms with van der Waals surface area (Å²) >= 11 is 1.51. The average Bonchev–Trinajstić information content (AvgIpc) is 3.30. The molecule has 1 aromatic carbocycles. The maximum atomic E-state index is 13.6. The molecular weight excluding hydrogens is 406 g/mol. The van der Waals surface area contributed by atoms with Crippen molar-refractivity contribution in [3.8, 4) is 0 Å². The van der Waals surface area contributed by atoms with Gasteiger partial charge < -0.3 is 5.32 Å². The lowest BCUT2D eigenvalue weighted by atomic mass is 9.90. The molecule has 0 bridgehead atoms. The lowest BCUT2D eigenvalue weighted by molar-refractivity contribution is 0.0873. The second-order valence-corrected chi connectivity index (χ2v) is 8.35. The number of carbonyl (C=O) groups excluding carboxylic acids is 1. The van der Waals surface area contributed by atoms with Gasteiger partial charge in [0.15, 0.2) is 11.6 Å². The second-order valence-electron chi connectivity index (χ2n) is 7.42. The van der Waals surface area contributed by atoms with E-state index in [1.165, 1.54) is 17.4 Å². The minimum absolute atomic E-state index is 0.155. The number of likely N-dealkylation sites (tertiary alicyclic amines) is 1. The Morgan fingerprint density at radius 1 is 1.20 bits per heavy atom. The molecule has 30 heavy (non-hydrogen) atoms. The maximum absolute atomic E-state index is 13.6. The van der Waals surface area contributed by atoms with E-state index in [0.29, 0.717) is 12.2 Å². The van der Waals surface area contributed by atoms with Gasteiger partial charge in [-0.25, -0.2) is 13.8 Å². The topological polar surface area (TPSA) is 58.1 Å². The normalized spacial score (nSPS) is 18.1. The van der Waals surface area contributed by atoms with Crippen LogP contribution in [0.4, 0.5) is 8.78 Å². The van der Waals surface area contributed by atoms with Crippen LogP contribution in [0, 0.1) is 17.6 Å². The number of nitrogens with one attached hydrogen (secondary N) is 1. The third-order valence-electron chi connectivity index (χ3n) is 5.31.